The van der Waals surface area contributed by atoms with Gasteiger partial charge in [-0.25, -0.2) is 0 Å². The summed E-state index contributed by atoms with van der Waals surface area (Å²) in [4.78, 5) is 28.2. The van der Waals surface area contributed by atoms with Crippen LogP contribution in [-0.2, 0) is 4.79 Å². The number of non-ortho nitro benzene ring substituents is 1. The number of likely N-dealkylation sites (N-methyl/N-ethyl adjacent to an activating group) is 1. The molecule has 29 heavy (non-hydrogen) atoms. The summed E-state index contributed by atoms with van der Waals surface area (Å²) in [5.41, 5.74) is 3.09. The number of hydrogen-bond donors (Lipinski definition) is 1. The van der Waals surface area contributed by atoms with Crippen molar-refractivity contribution in [1.29, 1.82) is 0 Å². The van der Waals surface area contributed by atoms with E-state index in [1.807, 2.05) is 13.0 Å². The third kappa shape index (κ3) is 5.71. The summed E-state index contributed by atoms with van der Waals surface area (Å²) in [6.45, 7) is 9.48. The Balaban J connectivity index is 1.53. The Labute approximate surface area is 175 Å². The quantitative estimate of drug-likeness (QED) is 0.422. The summed E-state index contributed by atoms with van der Waals surface area (Å²) in [6, 6.07) is 12.4. The number of anilines is 2. The molecule has 7 nitrogen and oxygen atoms in total. The summed E-state index contributed by atoms with van der Waals surface area (Å²) < 4.78 is 0. The van der Waals surface area contributed by atoms with Crippen LogP contribution < -0.4 is 10.2 Å². The lowest BCUT2D eigenvalue weighted by Crippen LogP contribution is -2.46. The van der Waals surface area contributed by atoms with Gasteiger partial charge in [-0.2, -0.15) is 0 Å². The van der Waals surface area contributed by atoms with Gasteiger partial charge in [0.2, 0.25) is 5.91 Å². The molecule has 0 unspecified atom stereocenters. The molecule has 0 aliphatic carbocycles. The SMILES string of the molecule is CCN1CCN(c2ccc(NC(=O)CSc3ccc([N+](=O)[O-])cc3)c(C)c2)CC1. The van der Waals surface area contributed by atoms with Crippen LogP contribution in [0.15, 0.2) is 47.4 Å². The molecule has 1 aliphatic heterocycles. The molecule has 3 rings (SSSR count). The zero-order valence-electron chi connectivity index (χ0n) is 16.8. The van der Waals surface area contributed by atoms with Crippen LogP contribution in [0.5, 0.6) is 0 Å². The fourth-order valence-corrected chi connectivity index (χ4v) is 4.00. The molecule has 1 N–H and O–H groups in total. The van der Waals surface area contributed by atoms with E-state index in [1.54, 1.807) is 12.1 Å². The van der Waals surface area contributed by atoms with E-state index in [0.717, 1.165) is 48.9 Å². The highest BCUT2D eigenvalue weighted by Gasteiger charge is 2.16. The number of nitro benzene ring substituents is 1. The first kappa shape index (κ1) is 21.1. The molecule has 0 spiro atoms. The fourth-order valence-electron chi connectivity index (χ4n) is 3.31. The zero-order chi connectivity index (χ0) is 20.8. The number of rotatable bonds is 7. The minimum atomic E-state index is -0.433. The standard InChI is InChI=1S/C21H26N4O3S/c1-3-23-10-12-24(13-11-23)18-6-9-20(16(2)14-18)22-21(26)15-29-19-7-4-17(5-8-19)25(27)28/h4-9,14H,3,10-13,15H2,1-2H3,(H,22,26). The van der Waals surface area contributed by atoms with Gasteiger partial charge in [0.1, 0.15) is 0 Å². The minimum absolute atomic E-state index is 0.0469. The maximum atomic E-state index is 12.3. The summed E-state index contributed by atoms with van der Waals surface area (Å²) in [7, 11) is 0. The molecule has 1 amide bonds. The number of aryl methyl sites for hydroxylation is 1. The Morgan fingerprint density at radius 1 is 1.14 bits per heavy atom. The molecule has 1 heterocycles. The molecule has 8 heteroatoms. The van der Waals surface area contributed by atoms with Crippen LogP contribution in [0.1, 0.15) is 12.5 Å². The maximum Gasteiger partial charge on any atom is 0.269 e. The van der Waals surface area contributed by atoms with Gasteiger partial charge in [-0.15, -0.1) is 11.8 Å². The highest BCUT2D eigenvalue weighted by Crippen LogP contribution is 2.25. The van der Waals surface area contributed by atoms with Gasteiger partial charge in [0.05, 0.1) is 10.7 Å². The molecular weight excluding hydrogens is 388 g/mol. The van der Waals surface area contributed by atoms with Crippen LogP contribution in [0, 0.1) is 17.0 Å². The number of piperazine rings is 1. The van der Waals surface area contributed by atoms with Crippen LogP contribution in [0.3, 0.4) is 0 Å². The van der Waals surface area contributed by atoms with Crippen molar-refractivity contribution in [2.24, 2.45) is 0 Å². The number of nitrogens with one attached hydrogen (secondary N) is 1. The van der Waals surface area contributed by atoms with Gasteiger partial charge < -0.3 is 15.1 Å². The summed E-state index contributed by atoms with van der Waals surface area (Å²) in [5.74, 6) is 0.151. The summed E-state index contributed by atoms with van der Waals surface area (Å²) >= 11 is 1.35. The van der Waals surface area contributed by atoms with Gasteiger partial charge >= 0.3 is 0 Å². The molecule has 0 bridgehead atoms. The predicted octanol–water partition coefficient (Wildman–Crippen LogP) is 3.78. The van der Waals surface area contributed by atoms with E-state index in [-0.39, 0.29) is 17.3 Å². The van der Waals surface area contributed by atoms with E-state index in [0.29, 0.717) is 0 Å². The lowest BCUT2D eigenvalue weighted by Gasteiger charge is -2.35. The van der Waals surface area contributed by atoms with E-state index in [4.69, 9.17) is 0 Å². The lowest BCUT2D eigenvalue weighted by molar-refractivity contribution is -0.384. The summed E-state index contributed by atoms with van der Waals surface area (Å²) in [6.07, 6.45) is 0. The first-order valence-corrected chi connectivity index (χ1v) is 10.7. The van der Waals surface area contributed by atoms with Gasteiger partial charge in [0.25, 0.3) is 5.69 Å². The van der Waals surface area contributed by atoms with Crippen LogP contribution in [0.25, 0.3) is 0 Å². The van der Waals surface area contributed by atoms with E-state index in [9.17, 15) is 14.9 Å². The first-order valence-electron chi connectivity index (χ1n) is 9.71. The molecule has 0 atom stereocenters. The van der Waals surface area contributed by atoms with Crippen molar-refractivity contribution >= 4 is 34.7 Å². The predicted molar refractivity (Wildman–Crippen MR) is 118 cm³/mol. The Morgan fingerprint density at radius 3 is 2.41 bits per heavy atom. The molecule has 2 aromatic carbocycles. The first-order chi connectivity index (χ1) is 14.0. The van der Waals surface area contributed by atoms with Crippen molar-refractivity contribution in [2.45, 2.75) is 18.7 Å². The molecule has 1 saturated heterocycles. The average molecular weight is 415 g/mol. The number of amides is 1. The molecule has 1 aliphatic rings. The Kier molecular flexibility index (Phi) is 7.11. The van der Waals surface area contributed by atoms with E-state index >= 15 is 0 Å². The third-order valence-electron chi connectivity index (χ3n) is 5.09. The number of hydrogen-bond acceptors (Lipinski definition) is 6. The Bertz CT molecular complexity index is 865. The second-order valence-corrected chi connectivity index (χ2v) is 8.06. The molecule has 0 saturated carbocycles. The number of carbonyl (C=O) groups is 1. The number of carbonyl (C=O) groups excluding carboxylic acids is 1. The third-order valence-corrected chi connectivity index (χ3v) is 6.10. The highest BCUT2D eigenvalue weighted by molar-refractivity contribution is 8.00. The normalized spacial score (nSPS) is 14.6. The van der Waals surface area contributed by atoms with E-state index < -0.39 is 4.92 Å². The Hall–Kier alpha value is -2.58. The number of thioether (sulfide) groups is 1. The fraction of sp³-hybridized carbons (Fsp3) is 0.381. The molecule has 0 aromatic heterocycles. The average Bonchev–Trinajstić information content (AvgIpc) is 2.74. The van der Waals surface area contributed by atoms with E-state index in [1.165, 1.54) is 29.6 Å². The Morgan fingerprint density at radius 2 is 1.83 bits per heavy atom. The number of nitrogens with zero attached hydrogens (tertiary/aromatic N) is 3. The molecule has 1 fully saturated rings. The van der Waals surface area contributed by atoms with Gasteiger partial charge in [-0.1, -0.05) is 6.92 Å². The van der Waals surface area contributed by atoms with Crippen molar-refractivity contribution in [3.05, 3.63) is 58.1 Å². The van der Waals surface area contributed by atoms with Crippen LogP contribution in [0.2, 0.25) is 0 Å². The van der Waals surface area contributed by atoms with Gasteiger partial charge in [-0.05, 0) is 49.4 Å². The smallest absolute Gasteiger partial charge is 0.269 e. The molecule has 154 valence electrons. The topological polar surface area (TPSA) is 78.7 Å². The second kappa shape index (κ2) is 9.76. The van der Waals surface area contributed by atoms with Crippen molar-refractivity contribution in [2.75, 3.05) is 48.7 Å². The lowest BCUT2D eigenvalue weighted by atomic mass is 10.1. The van der Waals surface area contributed by atoms with Gasteiger partial charge in [0, 0.05) is 54.6 Å². The molecule has 0 radical (unpaired) electrons. The van der Waals surface area contributed by atoms with Crippen molar-refractivity contribution < 1.29 is 9.72 Å². The maximum absolute atomic E-state index is 12.3. The van der Waals surface area contributed by atoms with Crippen LogP contribution in [-0.4, -0.2) is 54.2 Å². The van der Waals surface area contributed by atoms with Gasteiger partial charge in [0.15, 0.2) is 0 Å². The summed E-state index contributed by atoms with van der Waals surface area (Å²) in [5, 5.41) is 13.7. The second-order valence-electron chi connectivity index (χ2n) is 7.01. The van der Waals surface area contributed by atoms with Crippen molar-refractivity contribution in [1.82, 2.24) is 4.90 Å². The monoisotopic (exact) mass is 414 g/mol. The van der Waals surface area contributed by atoms with Crippen LogP contribution in [0.4, 0.5) is 17.1 Å². The highest BCUT2D eigenvalue weighted by atomic mass is 32.2. The van der Waals surface area contributed by atoms with Crippen LogP contribution >= 0.6 is 11.8 Å². The molecular formula is C21H26N4O3S. The van der Waals surface area contributed by atoms with Crippen molar-refractivity contribution in [3.8, 4) is 0 Å². The minimum Gasteiger partial charge on any atom is -0.369 e. The number of benzene rings is 2. The van der Waals surface area contributed by atoms with Gasteiger partial charge in [-0.3, -0.25) is 14.9 Å². The van der Waals surface area contributed by atoms with Crippen molar-refractivity contribution in [3.63, 3.8) is 0 Å². The molecule has 2 aromatic rings. The zero-order valence-corrected chi connectivity index (χ0v) is 17.6. The van der Waals surface area contributed by atoms with E-state index in [2.05, 4.69) is 34.2 Å². The number of nitro groups is 1. The largest absolute Gasteiger partial charge is 0.369 e.